The average Bonchev–Trinajstić information content (AvgIpc) is 2.34. The van der Waals surface area contributed by atoms with Crippen LogP contribution in [-0.4, -0.2) is 30.4 Å². The molecule has 0 aliphatic heterocycles. The lowest BCUT2D eigenvalue weighted by atomic mass is 9.89. The Morgan fingerprint density at radius 2 is 2.53 bits per heavy atom. The first kappa shape index (κ1) is 5.89. The van der Waals surface area contributed by atoms with Crippen LogP contribution in [0.1, 0.15) is 36.6 Å². The van der Waals surface area contributed by atoms with Crippen LogP contribution >= 0.6 is 0 Å². The Balaban J connectivity index is 4.99. The highest BCUT2D eigenvalue weighted by atomic mass is 16.5. The summed E-state index contributed by atoms with van der Waals surface area (Å²) < 4.78 is 55.3. The summed E-state index contributed by atoms with van der Waals surface area (Å²) >= 11 is 0. The minimum Gasteiger partial charge on any atom is -0.449 e. The molecule has 1 atom stereocenters. The lowest BCUT2D eigenvalue weighted by Crippen LogP contribution is -2.35. The molecule has 0 radical (unpaired) electrons. The average molecular weight is 222 g/mol. The highest BCUT2D eigenvalue weighted by molar-refractivity contribution is 5.67. The van der Waals surface area contributed by atoms with Gasteiger partial charge in [-0.25, -0.2) is 4.79 Å². The van der Waals surface area contributed by atoms with Gasteiger partial charge in [0.2, 0.25) is 0 Å². The molecule has 0 fully saturated rings. The fourth-order valence-electron chi connectivity index (χ4n) is 0.896. The summed E-state index contributed by atoms with van der Waals surface area (Å²) in [5.74, 6) is 0. The van der Waals surface area contributed by atoms with Crippen molar-refractivity contribution in [3.05, 3.63) is 12.7 Å². The van der Waals surface area contributed by atoms with E-state index in [-0.39, 0.29) is 13.2 Å². The zero-order valence-corrected chi connectivity index (χ0v) is 8.67. The van der Waals surface area contributed by atoms with E-state index in [2.05, 4.69) is 6.58 Å². The first-order valence-electron chi connectivity index (χ1n) is 7.89. The summed E-state index contributed by atoms with van der Waals surface area (Å²) in [6.07, 6.45) is 0.476. The van der Waals surface area contributed by atoms with E-state index in [1.807, 2.05) is 0 Å². The quantitative estimate of drug-likeness (QED) is 0.672. The van der Waals surface area contributed by atoms with E-state index in [0.717, 1.165) is 0 Å². The summed E-state index contributed by atoms with van der Waals surface area (Å²) in [4.78, 5) is 11.7. The number of rotatable bonds is 6. The van der Waals surface area contributed by atoms with Gasteiger partial charge in [0.1, 0.15) is 6.61 Å². The van der Waals surface area contributed by atoms with Gasteiger partial charge in [-0.05, 0) is 20.1 Å². The van der Waals surface area contributed by atoms with Gasteiger partial charge in [-0.2, -0.15) is 0 Å². The largest absolute Gasteiger partial charge is 0.449 e. The molecule has 0 saturated heterocycles. The zero-order valence-electron chi connectivity index (χ0n) is 15.7. The Kier molecular flexibility index (Phi) is 2.54. The molecule has 1 amide bonds. The van der Waals surface area contributed by atoms with Gasteiger partial charge in [0.05, 0.1) is 7.98 Å². The number of aliphatic hydroxyl groups is 1. The van der Waals surface area contributed by atoms with Crippen LogP contribution in [0.5, 0.6) is 0 Å². The lowest BCUT2D eigenvalue weighted by molar-refractivity contribution is 0.0505. The van der Waals surface area contributed by atoms with Crippen molar-refractivity contribution in [1.29, 1.82) is 0 Å². The van der Waals surface area contributed by atoms with Gasteiger partial charge in [0.25, 0.3) is 0 Å². The molecule has 2 N–H and O–H groups in total. The Hall–Kier alpha value is -1.03. The normalized spacial score (nSPS) is 23.7. The summed E-state index contributed by atoms with van der Waals surface area (Å²) in [6, 6.07) is -3.19. The standard InChI is InChI=1S/C11H21NO3/c1-5-6-11(4,7-13)8-15-10(14)12-9(2)3/h5,9,13H,1,6-8H2,2-4H3,(H,12,14)/i2D3,3D3,9D. The number of hydrogen-bond donors (Lipinski definition) is 2. The molecular weight excluding hydrogens is 194 g/mol. The van der Waals surface area contributed by atoms with E-state index in [9.17, 15) is 9.90 Å². The maximum atomic E-state index is 11.7. The predicted octanol–water partition coefficient (Wildman–Crippen LogP) is 1.70. The molecule has 15 heavy (non-hydrogen) atoms. The maximum absolute atomic E-state index is 11.7. The second-order valence-electron chi connectivity index (χ2n) is 3.54. The molecular formula is C11H21NO3. The molecule has 0 aromatic rings. The molecule has 4 nitrogen and oxygen atoms in total. The molecule has 0 aliphatic rings. The van der Waals surface area contributed by atoms with Gasteiger partial charge < -0.3 is 15.2 Å². The van der Waals surface area contributed by atoms with Gasteiger partial charge in [-0.15, -0.1) is 6.58 Å². The van der Waals surface area contributed by atoms with Crippen LogP contribution < -0.4 is 5.32 Å². The Morgan fingerprint density at radius 3 is 3.00 bits per heavy atom. The first-order valence-corrected chi connectivity index (χ1v) is 4.39. The maximum Gasteiger partial charge on any atom is 0.407 e. The van der Waals surface area contributed by atoms with E-state index < -0.39 is 31.2 Å². The van der Waals surface area contributed by atoms with E-state index >= 15 is 0 Å². The van der Waals surface area contributed by atoms with Gasteiger partial charge in [0, 0.05) is 19.7 Å². The van der Waals surface area contributed by atoms with Crippen molar-refractivity contribution in [2.75, 3.05) is 13.2 Å². The molecule has 0 aromatic carbocycles. The number of allylic oxidation sites excluding steroid dienone is 1. The number of aliphatic hydroxyl groups excluding tert-OH is 1. The molecule has 88 valence electrons. The van der Waals surface area contributed by atoms with Crippen molar-refractivity contribution in [3.8, 4) is 0 Å². The molecule has 0 bridgehead atoms. The summed E-state index contributed by atoms with van der Waals surface area (Å²) in [5, 5.41) is 10.8. The minimum absolute atomic E-state index is 0.292. The van der Waals surface area contributed by atoms with Gasteiger partial charge in [-0.1, -0.05) is 13.0 Å². The Bertz CT molecular complexity index is 393. The summed E-state index contributed by atoms with van der Waals surface area (Å²) in [6.45, 7) is -2.07. The van der Waals surface area contributed by atoms with E-state index in [1.165, 1.54) is 6.08 Å². The third-order valence-corrected chi connectivity index (χ3v) is 1.80. The van der Waals surface area contributed by atoms with E-state index in [4.69, 9.17) is 14.3 Å². The Morgan fingerprint density at radius 1 is 1.87 bits per heavy atom. The fraction of sp³-hybridized carbons (Fsp3) is 0.727. The minimum atomic E-state index is -3.28. The molecule has 4 heteroatoms. The number of nitrogens with one attached hydrogen (secondary N) is 1. The van der Waals surface area contributed by atoms with Crippen molar-refractivity contribution in [3.63, 3.8) is 0 Å². The molecule has 0 aromatic heterocycles. The number of ether oxygens (including phenoxy) is 1. The van der Waals surface area contributed by atoms with Crippen LogP contribution in [0.15, 0.2) is 12.7 Å². The number of carbonyl (C=O) groups is 1. The van der Waals surface area contributed by atoms with Crippen molar-refractivity contribution >= 4 is 6.09 Å². The second-order valence-corrected chi connectivity index (χ2v) is 3.54. The monoisotopic (exact) mass is 222 g/mol. The van der Waals surface area contributed by atoms with Gasteiger partial charge in [0.15, 0.2) is 0 Å². The lowest BCUT2D eigenvalue weighted by Gasteiger charge is -2.25. The van der Waals surface area contributed by atoms with E-state index in [0.29, 0.717) is 6.42 Å². The summed E-state index contributed by atoms with van der Waals surface area (Å²) in [7, 11) is 0. The SMILES string of the molecule is [2H]C([2H])([2H])C([2H])(NC(=O)OCC(C)(CO)CC=C)C([2H])([2H])[2H]. The molecule has 0 heterocycles. The van der Waals surface area contributed by atoms with E-state index in [1.54, 1.807) is 12.2 Å². The molecule has 0 rings (SSSR count). The van der Waals surface area contributed by atoms with Crippen LogP contribution in [0.25, 0.3) is 0 Å². The van der Waals surface area contributed by atoms with Crippen LogP contribution in [0.2, 0.25) is 0 Å². The smallest absolute Gasteiger partial charge is 0.407 e. The molecule has 0 saturated carbocycles. The van der Waals surface area contributed by atoms with Crippen LogP contribution in [0.4, 0.5) is 4.79 Å². The third kappa shape index (κ3) is 6.12. The van der Waals surface area contributed by atoms with Crippen molar-refractivity contribution < 1.29 is 24.2 Å². The molecule has 1 unspecified atom stereocenters. The zero-order chi connectivity index (χ0) is 17.8. The molecule has 0 spiro atoms. The van der Waals surface area contributed by atoms with Crippen LogP contribution in [0, 0.1) is 5.41 Å². The fourth-order valence-corrected chi connectivity index (χ4v) is 0.896. The predicted molar refractivity (Wildman–Crippen MR) is 59.6 cm³/mol. The highest BCUT2D eigenvalue weighted by Crippen LogP contribution is 2.21. The number of carbonyl (C=O) groups excluding carboxylic acids is 1. The topological polar surface area (TPSA) is 58.6 Å². The number of alkyl carbamates (subject to hydrolysis) is 1. The van der Waals surface area contributed by atoms with Gasteiger partial charge in [-0.3, -0.25) is 0 Å². The number of amides is 1. The van der Waals surface area contributed by atoms with Crippen molar-refractivity contribution in [1.82, 2.24) is 5.32 Å². The van der Waals surface area contributed by atoms with Crippen LogP contribution in [0.3, 0.4) is 0 Å². The summed E-state index contributed by atoms with van der Waals surface area (Å²) in [5.41, 5.74) is -0.830. The third-order valence-electron chi connectivity index (χ3n) is 1.80. The van der Waals surface area contributed by atoms with Crippen molar-refractivity contribution in [2.45, 2.75) is 33.1 Å². The van der Waals surface area contributed by atoms with Gasteiger partial charge >= 0.3 is 6.09 Å². The second kappa shape index (κ2) is 6.45. The Labute approximate surface area is 101 Å². The molecule has 0 aliphatic carbocycles. The number of hydrogen-bond acceptors (Lipinski definition) is 3. The van der Waals surface area contributed by atoms with Crippen molar-refractivity contribution in [2.24, 2.45) is 5.41 Å². The first-order chi connectivity index (χ1) is 9.72. The highest BCUT2D eigenvalue weighted by Gasteiger charge is 2.24. The van der Waals surface area contributed by atoms with Crippen LogP contribution in [-0.2, 0) is 4.74 Å².